The smallest absolute Gasteiger partial charge is 0.0731 e. The third kappa shape index (κ3) is 7.16. The predicted molar refractivity (Wildman–Crippen MR) is 195 cm³/mol. The molecule has 2 atom stereocenters. The molecule has 4 aromatic heterocycles. The summed E-state index contributed by atoms with van der Waals surface area (Å²) in [5, 5.41) is 2.89. The van der Waals surface area contributed by atoms with Crippen molar-refractivity contribution < 1.29 is 0 Å². The minimum absolute atomic E-state index is 0.105. The molecular weight excluding hydrogens is 625 g/mol. The molecule has 6 rings (SSSR count). The van der Waals surface area contributed by atoms with Gasteiger partial charge >= 0.3 is 0 Å². The van der Waals surface area contributed by atoms with Crippen molar-refractivity contribution >= 4 is 78.7 Å². The third-order valence-corrected chi connectivity index (χ3v) is 16.0. The van der Waals surface area contributed by atoms with Gasteiger partial charge in [0.15, 0.2) is 0 Å². The molecule has 0 spiro atoms. The molecule has 6 heterocycles. The van der Waals surface area contributed by atoms with Gasteiger partial charge in [0.25, 0.3) is 0 Å². The Morgan fingerprint density at radius 3 is 1.90 bits per heavy atom. The van der Waals surface area contributed by atoms with Gasteiger partial charge in [-0.05, 0) is 66.8 Å². The molecule has 0 nitrogen and oxygen atoms in total. The SMILES string of the molecule is CCCCCCC1C=CC(=c2ccc(=c3ccc(=c4ccc(=C5C=CC(CCCCCC)(c6cccs6)S5)s4)s3)s2)S1. The number of rotatable bonds is 11. The van der Waals surface area contributed by atoms with Crippen LogP contribution in [0.4, 0.5) is 0 Å². The fourth-order valence-electron chi connectivity index (χ4n) is 5.64. The molecule has 0 radical (unpaired) electrons. The van der Waals surface area contributed by atoms with E-state index in [1.165, 1.54) is 106 Å². The van der Waals surface area contributed by atoms with Crippen LogP contribution in [0.3, 0.4) is 0 Å². The lowest BCUT2D eigenvalue weighted by molar-refractivity contribution is 0.586. The summed E-state index contributed by atoms with van der Waals surface area (Å²) in [5.41, 5.74) is 0. The van der Waals surface area contributed by atoms with E-state index in [2.05, 4.69) is 116 Å². The minimum Gasteiger partial charge on any atom is -0.147 e. The molecule has 0 amide bonds. The fraction of sp³-hybridized carbons (Fsp3) is 0.389. The summed E-state index contributed by atoms with van der Waals surface area (Å²) in [7, 11) is 0. The van der Waals surface area contributed by atoms with E-state index >= 15 is 0 Å². The first-order valence-electron chi connectivity index (χ1n) is 15.5. The maximum atomic E-state index is 2.49. The maximum Gasteiger partial charge on any atom is 0.0731 e. The lowest BCUT2D eigenvalue weighted by Gasteiger charge is -2.25. The Morgan fingerprint density at radius 1 is 0.643 bits per heavy atom. The van der Waals surface area contributed by atoms with Gasteiger partial charge in [0.2, 0.25) is 0 Å². The molecule has 0 saturated heterocycles. The van der Waals surface area contributed by atoms with Crippen molar-refractivity contribution in [3.63, 3.8) is 0 Å². The Labute approximate surface area is 275 Å². The van der Waals surface area contributed by atoms with Crippen LogP contribution in [0.5, 0.6) is 0 Å². The molecule has 6 heteroatoms. The third-order valence-electron chi connectivity index (χ3n) is 8.01. The van der Waals surface area contributed by atoms with Crippen LogP contribution in [-0.4, -0.2) is 5.25 Å². The molecule has 2 aliphatic heterocycles. The highest BCUT2D eigenvalue weighted by Crippen LogP contribution is 2.53. The summed E-state index contributed by atoms with van der Waals surface area (Å²) < 4.78 is 8.45. The summed E-state index contributed by atoms with van der Waals surface area (Å²) in [6.07, 6.45) is 22.9. The van der Waals surface area contributed by atoms with Crippen molar-refractivity contribution in [2.75, 3.05) is 0 Å². The lowest BCUT2D eigenvalue weighted by Crippen LogP contribution is -2.15. The van der Waals surface area contributed by atoms with E-state index in [1.807, 2.05) is 45.3 Å². The van der Waals surface area contributed by atoms with Crippen molar-refractivity contribution in [2.24, 2.45) is 0 Å². The van der Waals surface area contributed by atoms with Crippen molar-refractivity contribution in [1.29, 1.82) is 0 Å². The Balaban J connectivity index is 1.25. The van der Waals surface area contributed by atoms with Gasteiger partial charge in [0.1, 0.15) is 0 Å². The monoisotopic (exact) mass is 664 g/mol. The van der Waals surface area contributed by atoms with Crippen LogP contribution in [0.1, 0.15) is 82.9 Å². The molecular formula is C36H40S6. The van der Waals surface area contributed by atoms with E-state index in [9.17, 15) is 0 Å². The second kappa shape index (κ2) is 14.7. The fourth-order valence-corrected chi connectivity index (χ4v) is 12.7. The number of thiophene rings is 4. The van der Waals surface area contributed by atoms with E-state index < -0.39 is 0 Å². The van der Waals surface area contributed by atoms with Gasteiger partial charge in [-0.25, -0.2) is 0 Å². The zero-order valence-corrected chi connectivity index (χ0v) is 29.5. The molecule has 0 aromatic carbocycles. The van der Waals surface area contributed by atoms with Gasteiger partial charge in [-0.15, -0.1) is 68.9 Å². The van der Waals surface area contributed by atoms with Crippen LogP contribution in [0, 0.1) is 18.1 Å². The van der Waals surface area contributed by atoms with Crippen LogP contribution in [0.15, 0.2) is 78.2 Å². The standard InChI is InChI=1S/C36H40S6/c1-3-5-7-9-12-26-14-15-27(38-26)28-16-17-29(39-28)30-18-19-31(40-30)32-20-21-33(41-32)34-22-24-36(42-34,23-10-8-6-4-2)35-13-11-25-37-35/h11,13-22,24-26H,3-10,12,23H2,1-2H3. The van der Waals surface area contributed by atoms with Crippen LogP contribution in [0.25, 0.3) is 9.81 Å². The average Bonchev–Trinajstić information content (AvgIpc) is 3.84. The van der Waals surface area contributed by atoms with Crippen LogP contribution in [-0.2, 0) is 4.75 Å². The maximum absolute atomic E-state index is 2.49. The molecule has 220 valence electrons. The van der Waals surface area contributed by atoms with Crippen molar-refractivity contribution in [2.45, 2.75) is 88.1 Å². The highest BCUT2D eigenvalue weighted by molar-refractivity contribution is 8.09. The van der Waals surface area contributed by atoms with Crippen molar-refractivity contribution in [3.8, 4) is 0 Å². The molecule has 0 N–H and O–H groups in total. The van der Waals surface area contributed by atoms with Gasteiger partial charge in [0, 0.05) is 47.1 Å². The predicted octanol–water partition coefficient (Wildman–Crippen LogP) is 11.5. The van der Waals surface area contributed by atoms with Gasteiger partial charge in [-0.3, -0.25) is 0 Å². The molecule has 0 aliphatic carbocycles. The van der Waals surface area contributed by atoms with Crippen molar-refractivity contribution in [3.05, 3.63) is 110 Å². The number of hydrogen-bond acceptors (Lipinski definition) is 6. The zero-order chi connectivity index (χ0) is 28.8. The first-order valence-corrected chi connectivity index (χ1v) is 20.5. The molecule has 0 bridgehead atoms. The molecule has 0 fully saturated rings. The Bertz CT molecular complexity index is 1830. The second-order valence-electron chi connectivity index (χ2n) is 11.2. The molecule has 0 saturated carbocycles. The quantitative estimate of drug-likeness (QED) is 0.146. The highest BCUT2D eigenvalue weighted by Gasteiger charge is 2.35. The van der Waals surface area contributed by atoms with Crippen LogP contribution in [0.2, 0.25) is 0 Å². The Hall–Kier alpha value is -1.28. The highest BCUT2D eigenvalue weighted by atomic mass is 32.2. The first kappa shape index (κ1) is 30.7. The molecule has 4 aromatic rings. The van der Waals surface area contributed by atoms with Crippen LogP contribution >= 0.6 is 68.9 Å². The minimum atomic E-state index is 0.105. The Kier molecular flexibility index (Phi) is 10.7. The summed E-state index contributed by atoms with van der Waals surface area (Å²) in [6, 6.07) is 18.5. The first-order chi connectivity index (χ1) is 20.7. The van der Waals surface area contributed by atoms with Crippen LogP contribution < -0.4 is 9.06 Å². The second-order valence-corrected chi connectivity index (χ2v) is 18.1. The van der Waals surface area contributed by atoms with E-state index in [1.54, 1.807) is 0 Å². The molecule has 42 heavy (non-hydrogen) atoms. The number of hydrogen-bond donors (Lipinski definition) is 0. The van der Waals surface area contributed by atoms with E-state index in [4.69, 9.17) is 0 Å². The zero-order valence-electron chi connectivity index (χ0n) is 24.6. The van der Waals surface area contributed by atoms with E-state index in [0.29, 0.717) is 5.25 Å². The summed E-state index contributed by atoms with van der Waals surface area (Å²) in [5.74, 6) is 0. The molecule has 2 aliphatic rings. The Morgan fingerprint density at radius 2 is 1.26 bits per heavy atom. The van der Waals surface area contributed by atoms with E-state index in [-0.39, 0.29) is 4.75 Å². The number of unbranched alkanes of at least 4 members (excludes halogenated alkanes) is 6. The van der Waals surface area contributed by atoms with Gasteiger partial charge in [-0.1, -0.05) is 89.5 Å². The lowest BCUT2D eigenvalue weighted by atomic mass is 9.97. The van der Waals surface area contributed by atoms with Crippen molar-refractivity contribution in [1.82, 2.24) is 0 Å². The summed E-state index contributed by atoms with van der Waals surface area (Å²) in [6.45, 7) is 4.59. The number of thioether (sulfide) groups is 2. The normalized spacial score (nSPS) is 24.3. The van der Waals surface area contributed by atoms with E-state index in [0.717, 1.165) is 0 Å². The summed E-state index contributed by atoms with van der Waals surface area (Å²) >= 11 is 11.9. The average molecular weight is 665 g/mol. The molecule has 2 unspecified atom stereocenters. The largest absolute Gasteiger partial charge is 0.147 e. The van der Waals surface area contributed by atoms with Gasteiger partial charge in [-0.2, -0.15) is 0 Å². The summed E-state index contributed by atoms with van der Waals surface area (Å²) in [4.78, 5) is 4.38. The topological polar surface area (TPSA) is 0 Å². The van der Waals surface area contributed by atoms with Gasteiger partial charge in [0.05, 0.1) is 4.75 Å². The van der Waals surface area contributed by atoms with Gasteiger partial charge < -0.3 is 0 Å².